The molecule has 0 aliphatic heterocycles. The standard InChI is InChI=1S/C18H29NO/c1-3-7-15-10-12-16(13-11-15)18(19-2)14-20-17-8-5-4-6-9-17/h10-13,17-19H,3-9,14H2,1-2H3. The number of ether oxygens (including phenoxy) is 1. The van der Waals surface area contributed by atoms with E-state index in [2.05, 4.69) is 36.5 Å². The van der Waals surface area contributed by atoms with Gasteiger partial charge in [-0.15, -0.1) is 0 Å². The zero-order valence-electron chi connectivity index (χ0n) is 13.0. The zero-order chi connectivity index (χ0) is 14.2. The predicted octanol–water partition coefficient (Wildman–Crippen LogP) is 4.25. The van der Waals surface area contributed by atoms with Crippen LogP contribution >= 0.6 is 0 Å². The molecule has 1 unspecified atom stereocenters. The van der Waals surface area contributed by atoms with Gasteiger partial charge in [-0.05, 0) is 37.4 Å². The summed E-state index contributed by atoms with van der Waals surface area (Å²) in [6.45, 7) is 3.01. The van der Waals surface area contributed by atoms with E-state index < -0.39 is 0 Å². The van der Waals surface area contributed by atoms with Gasteiger partial charge in [0.2, 0.25) is 0 Å². The predicted molar refractivity (Wildman–Crippen MR) is 85.1 cm³/mol. The molecule has 1 aliphatic rings. The van der Waals surface area contributed by atoms with E-state index >= 15 is 0 Å². The lowest BCUT2D eigenvalue weighted by molar-refractivity contribution is 0.0166. The summed E-state index contributed by atoms with van der Waals surface area (Å²) in [6, 6.07) is 9.31. The highest BCUT2D eigenvalue weighted by Crippen LogP contribution is 2.22. The Morgan fingerprint density at radius 3 is 2.45 bits per heavy atom. The van der Waals surface area contributed by atoms with Crippen LogP contribution in [0, 0.1) is 0 Å². The van der Waals surface area contributed by atoms with Gasteiger partial charge in [0.15, 0.2) is 0 Å². The van der Waals surface area contributed by atoms with Gasteiger partial charge in [0.1, 0.15) is 0 Å². The fourth-order valence-electron chi connectivity index (χ4n) is 3.02. The summed E-state index contributed by atoms with van der Waals surface area (Å²) in [5.41, 5.74) is 2.77. The van der Waals surface area contributed by atoms with Gasteiger partial charge >= 0.3 is 0 Å². The Balaban J connectivity index is 1.86. The molecule has 0 amide bonds. The topological polar surface area (TPSA) is 21.3 Å². The molecular formula is C18H29NO. The summed E-state index contributed by atoms with van der Waals surface area (Å²) < 4.78 is 6.11. The SMILES string of the molecule is CCCc1ccc(C(COC2CCCCC2)NC)cc1. The maximum atomic E-state index is 6.11. The summed E-state index contributed by atoms with van der Waals surface area (Å²) in [5.74, 6) is 0. The summed E-state index contributed by atoms with van der Waals surface area (Å²) >= 11 is 0. The average Bonchev–Trinajstić information content (AvgIpc) is 2.51. The second-order valence-electron chi connectivity index (χ2n) is 5.93. The van der Waals surface area contributed by atoms with Crippen LogP contribution in [0.1, 0.15) is 62.6 Å². The van der Waals surface area contributed by atoms with Crippen LogP contribution in [0.2, 0.25) is 0 Å². The molecule has 2 nitrogen and oxygen atoms in total. The number of aryl methyl sites for hydroxylation is 1. The van der Waals surface area contributed by atoms with Gasteiger partial charge < -0.3 is 10.1 Å². The van der Waals surface area contributed by atoms with E-state index in [1.807, 2.05) is 7.05 Å². The minimum atomic E-state index is 0.313. The Labute approximate surface area is 123 Å². The molecule has 2 heteroatoms. The summed E-state index contributed by atoms with van der Waals surface area (Å²) in [4.78, 5) is 0. The maximum absolute atomic E-state index is 6.11. The van der Waals surface area contributed by atoms with Crippen molar-refractivity contribution in [3.63, 3.8) is 0 Å². The van der Waals surface area contributed by atoms with E-state index in [0.717, 1.165) is 6.61 Å². The van der Waals surface area contributed by atoms with Crippen LogP contribution in [0.4, 0.5) is 0 Å². The molecule has 1 aromatic rings. The molecule has 112 valence electrons. The molecule has 0 radical (unpaired) electrons. The summed E-state index contributed by atoms with van der Waals surface area (Å²) in [7, 11) is 2.02. The van der Waals surface area contributed by atoms with Crippen LogP contribution in [-0.4, -0.2) is 19.8 Å². The summed E-state index contributed by atoms with van der Waals surface area (Å²) in [6.07, 6.45) is 9.40. The molecule has 1 fully saturated rings. The minimum absolute atomic E-state index is 0.313. The Morgan fingerprint density at radius 1 is 1.15 bits per heavy atom. The van der Waals surface area contributed by atoms with Crippen molar-refractivity contribution in [2.75, 3.05) is 13.7 Å². The fourth-order valence-corrected chi connectivity index (χ4v) is 3.02. The number of benzene rings is 1. The first-order chi connectivity index (χ1) is 9.83. The lowest BCUT2D eigenvalue weighted by atomic mass is 9.97. The molecule has 2 rings (SSSR count). The van der Waals surface area contributed by atoms with Gasteiger partial charge in [-0.25, -0.2) is 0 Å². The van der Waals surface area contributed by atoms with Gasteiger partial charge in [-0.2, -0.15) is 0 Å². The first kappa shape index (κ1) is 15.5. The van der Waals surface area contributed by atoms with Crippen molar-refractivity contribution in [3.05, 3.63) is 35.4 Å². The van der Waals surface area contributed by atoms with Crippen molar-refractivity contribution >= 4 is 0 Å². The van der Waals surface area contributed by atoms with Crippen LogP contribution in [0.3, 0.4) is 0 Å². The normalized spacial score (nSPS) is 18.1. The highest BCUT2D eigenvalue weighted by Gasteiger charge is 2.16. The van der Waals surface area contributed by atoms with Crippen LogP contribution < -0.4 is 5.32 Å². The van der Waals surface area contributed by atoms with E-state index in [0.29, 0.717) is 12.1 Å². The zero-order valence-corrected chi connectivity index (χ0v) is 13.0. The van der Waals surface area contributed by atoms with Gasteiger partial charge in [-0.1, -0.05) is 56.9 Å². The third-order valence-corrected chi connectivity index (χ3v) is 4.32. The Kier molecular flexibility index (Phi) is 6.55. The summed E-state index contributed by atoms with van der Waals surface area (Å²) in [5, 5.41) is 3.38. The highest BCUT2D eigenvalue weighted by atomic mass is 16.5. The van der Waals surface area contributed by atoms with Gasteiger partial charge in [-0.3, -0.25) is 0 Å². The van der Waals surface area contributed by atoms with E-state index in [1.54, 1.807) is 0 Å². The number of nitrogens with one attached hydrogen (secondary N) is 1. The second kappa shape index (κ2) is 8.43. The van der Waals surface area contributed by atoms with E-state index in [1.165, 1.54) is 56.1 Å². The monoisotopic (exact) mass is 275 g/mol. The number of rotatable bonds is 7. The molecule has 1 aliphatic carbocycles. The van der Waals surface area contributed by atoms with E-state index in [-0.39, 0.29) is 0 Å². The largest absolute Gasteiger partial charge is 0.376 e. The van der Waals surface area contributed by atoms with Crippen molar-refractivity contribution < 1.29 is 4.74 Å². The van der Waals surface area contributed by atoms with Gasteiger partial charge in [0.25, 0.3) is 0 Å². The molecule has 0 spiro atoms. The molecule has 0 bridgehead atoms. The molecular weight excluding hydrogens is 246 g/mol. The first-order valence-electron chi connectivity index (χ1n) is 8.21. The smallest absolute Gasteiger partial charge is 0.0665 e. The molecule has 20 heavy (non-hydrogen) atoms. The molecule has 1 atom stereocenters. The second-order valence-corrected chi connectivity index (χ2v) is 5.93. The Hall–Kier alpha value is -0.860. The third-order valence-electron chi connectivity index (χ3n) is 4.32. The minimum Gasteiger partial charge on any atom is -0.376 e. The van der Waals surface area contributed by atoms with Gasteiger partial charge in [0, 0.05) is 0 Å². The molecule has 0 heterocycles. The highest BCUT2D eigenvalue weighted by molar-refractivity contribution is 5.25. The van der Waals surface area contributed by atoms with E-state index in [9.17, 15) is 0 Å². The number of likely N-dealkylation sites (N-methyl/N-ethyl adjacent to an activating group) is 1. The van der Waals surface area contributed by atoms with Crippen LogP contribution in [-0.2, 0) is 11.2 Å². The first-order valence-corrected chi connectivity index (χ1v) is 8.21. The quantitative estimate of drug-likeness (QED) is 0.803. The third kappa shape index (κ3) is 4.60. The van der Waals surface area contributed by atoms with Crippen molar-refractivity contribution in [1.29, 1.82) is 0 Å². The lowest BCUT2D eigenvalue weighted by Crippen LogP contribution is -2.26. The van der Waals surface area contributed by atoms with Crippen molar-refractivity contribution in [3.8, 4) is 0 Å². The fraction of sp³-hybridized carbons (Fsp3) is 0.667. The van der Waals surface area contributed by atoms with Crippen molar-refractivity contribution in [2.45, 2.75) is 64.0 Å². The van der Waals surface area contributed by atoms with Crippen molar-refractivity contribution in [2.24, 2.45) is 0 Å². The van der Waals surface area contributed by atoms with Crippen LogP contribution in [0.5, 0.6) is 0 Å². The number of hydrogen-bond donors (Lipinski definition) is 1. The average molecular weight is 275 g/mol. The van der Waals surface area contributed by atoms with Crippen molar-refractivity contribution in [1.82, 2.24) is 5.32 Å². The van der Waals surface area contributed by atoms with Crippen LogP contribution in [0.25, 0.3) is 0 Å². The molecule has 1 saturated carbocycles. The Morgan fingerprint density at radius 2 is 1.85 bits per heavy atom. The van der Waals surface area contributed by atoms with E-state index in [4.69, 9.17) is 4.74 Å². The molecule has 0 aromatic heterocycles. The maximum Gasteiger partial charge on any atom is 0.0665 e. The molecule has 1 N–H and O–H groups in total. The molecule has 0 saturated heterocycles. The lowest BCUT2D eigenvalue weighted by Gasteiger charge is -2.25. The van der Waals surface area contributed by atoms with Crippen LogP contribution in [0.15, 0.2) is 24.3 Å². The Bertz CT molecular complexity index is 368. The number of hydrogen-bond acceptors (Lipinski definition) is 2. The van der Waals surface area contributed by atoms with Gasteiger partial charge in [0.05, 0.1) is 18.8 Å². The molecule has 1 aromatic carbocycles.